The molecule has 3 aromatic carbocycles. The molecule has 6 unspecified atom stereocenters. The number of halogens is 3. The van der Waals surface area contributed by atoms with E-state index in [4.69, 9.17) is 27.9 Å². The van der Waals surface area contributed by atoms with Gasteiger partial charge < -0.3 is 9.72 Å². The lowest BCUT2D eigenvalue weighted by Gasteiger charge is -2.43. The molecule has 2 aliphatic heterocycles. The monoisotopic (exact) mass is 712 g/mol. The van der Waals surface area contributed by atoms with Crippen LogP contribution in [0, 0.1) is 29.6 Å². The molecule has 4 aromatic rings. The molecule has 0 radical (unpaired) electrons. The number of thiazole rings is 1. The van der Waals surface area contributed by atoms with Crippen molar-refractivity contribution in [3.05, 3.63) is 107 Å². The van der Waals surface area contributed by atoms with E-state index >= 15 is 0 Å². The second-order valence-electron chi connectivity index (χ2n) is 11.5. The number of benzene rings is 3. The number of hydrogen-bond donors (Lipinski definition) is 1. The molecule has 43 heavy (non-hydrogen) atoms. The van der Waals surface area contributed by atoms with E-state index in [-0.39, 0.29) is 57.4 Å². The highest BCUT2D eigenvalue weighted by atomic mass is 79.9. The van der Waals surface area contributed by atoms with Crippen LogP contribution in [0.25, 0.3) is 0 Å². The molecular formula is C32H23BrCl2N2O4S2. The first-order valence-electron chi connectivity index (χ1n) is 14.0. The first kappa shape index (κ1) is 28.0. The van der Waals surface area contributed by atoms with Crippen LogP contribution in [-0.4, -0.2) is 22.0 Å². The topological polar surface area (TPSA) is 79.5 Å². The minimum Gasteiger partial charge on any atom is -0.489 e. The zero-order valence-electron chi connectivity index (χ0n) is 22.3. The van der Waals surface area contributed by atoms with Crippen LogP contribution in [0.5, 0.6) is 5.75 Å². The second kappa shape index (κ2) is 10.5. The van der Waals surface area contributed by atoms with Crippen molar-refractivity contribution in [3.63, 3.8) is 0 Å². The average molecular weight is 714 g/mol. The standard InChI is InChI=1S/C32H23BrCl2N2O4S2/c33-15-3-10-22(41-13-14-1-4-16(34)5-2-14)19(11-15)23-24-20-12-21(27(24)42-29-28(23)43-32(40)36-29)26-25(20)30(38)37(31(26)39)18-8-6-17(35)7-9-18/h1-11,20-21,23-27H,12-13H2,(H,36,40)/t20?,21?,23-,24?,25?,26?,27?/m1/s1. The summed E-state index contributed by atoms with van der Waals surface area (Å²) < 4.78 is 7.34. The third kappa shape index (κ3) is 4.45. The number of nitrogens with one attached hydrogen (secondary N) is 1. The van der Waals surface area contributed by atoms with Crippen molar-refractivity contribution in [2.24, 2.45) is 29.6 Å². The van der Waals surface area contributed by atoms with Crippen LogP contribution in [-0.2, 0) is 16.2 Å². The molecule has 2 aliphatic carbocycles. The van der Waals surface area contributed by atoms with Gasteiger partial charge in [0.15, 0.2) is 0 Å². The zero-order valence-corrected chi connectivity index (χ0v) is 27.1. The molecule has 7 atom stereocenters. The lowest BCUT2D eigenvalue weighted by molar-refractivity contribution is -0.123. The van der Waals surface area contributed by atoms with Crippen molar-refractivity contribution in [1.82, 2.24) is 4.98 Å². The van der Waals surface area contributed by atoms with Crippen molar-refractivity contribution < 1.29 is 14.3 Å². The number of hydrogen-bond acceptors (Lipinski definition) is 6. The van der Waals surface area contributed by atoms with Crippen LogP contribution in [0.1, 0.15) is 28.3 Å². The predicted molar refractivity (Wildman–Crippen MR) is 172 cm³/mol. The summed E-state index contributed by atoms with van der Waals surface area (Å²) in [5.41, 5.74) is 2.53. The van der Waals surface area contributed by atoms with Gasteiger partial charge in [-0.15, -0.1) is 11.8 Å². The highest BCUT2D eigenvalue weighted by Gasteiger charge is 2.69. The van der Waals surface area contributed by atoms with Gasteiger partial charge in [-0.3, -0.25) is 19.3 Å². The summed E-state index contributed by atoms with van der Waals surface area (Å²) in [5, 5.41) is 2.16. The number of carbonyl (C=O) groups excluding carboxylic acids is 2. The molecule has 3 heterocycles. The summed E-state index contributed by atoms with van der Waals surface area (Å²) in [7, 11) is 0. The number of thioether (sulfide) groups is 1. The summed E-state index contributed by atoms with van der Waals surface area (Å²) in [6.45, 7) is 0.359. The van der Waals surface area contributed by atoms with E-state index in [1.807, 2.05) is 36.4 Å². The Bertz CT molecular complexity index is 1840. The number of imide groups is 1. The summed E-state index contributed by atoms with van der Waals surface area (Å²) in [6.07, 6.45) is 0.814. The number of fused-ring (bicyclic) bond motifs is 9. The van der Waals surface area contributed by atoms with Crippen molar-refractivity contribution >= 4 is 79.7 Å². The van der Waals surface area contributed by atoms with Gasteiger partial charge in [0.1, 0.15) is 12.4 Å². The highest BCUT2D eigenvalue weighted by molar-refractivity contribution is 9.10. The molecule has 4 aliphatic rings. The fourth-order valence-electron chi connectivity index (χ4n) is 7.85. The van der Waals surface area contributed by atoms with Gasteiger partial charge in [0.2, 0.25) is 11.8 Å². The lowest BCUT2D eigenvalue weighted by atomic mass is 9.68. The molecule has 3 fully saturated rings. The van der Waals surface area contributed by atoms with Crippen molar-refractivity contribution in [2.75, 3.05) is 4.90 Å². The van der Waals surface area contributed by atoms with E-state index < -0.39 is 0 Å². The number of H-pyrrole nitrogens is 1. The molecule has 1 N–H and O–H groups in total. The molecule has 1 saturated heterocycles. The van der Waals surface area contributed by atoms with Gasteiger partial charge in [-0.05, 0) is 84.3 Å². The van der Waals surface area contributed by atoms with E-state index in [1.54, 1.807) is 36.0 Å². The van der Waals surface area contributed by atoms with Crippen LogP contribution in [0.2, 0.25) is 10.0 Å². The molecule has 2 saturated carbocycles. The predicted octanol–water partition coefficient (Wildman–Crippen LogP) is 7.76. The van der Waals surface area contributed by atoms with E-state index in [9.17, 15) is 14.4 Å². The molecule has 2 bridgehead atoms. The van der Waals surface area contributed by atoms with Crippen LogP contribution in [0.3, 0.4) is 0 Å². The number of rotatable bonds is 5. The zero-order chi connectivity index (χ0) is 29.6. The lowest BCUT2D eigenvalue weighted by Crippen LogP contribution is -2.42. The third-order valence-electron chi connectivity index (χ3n) is 9.42. The maximum absolute atomic E-state index is 14.0. The number of aromatic nitrogens is 1. The number of nitrogens with zero attached hydrogens (tertiary/aromatic N) is 1. The second-order valence-corrected chi connectivity index (χ2v) is 15.5. The number of carbonyl (C=O) groups is 2. The summed E-state index contributed by atoms with van der Waals surface area (Å²) in [4.78, 5) is 45.9. The van der Waals surface area contributed by atoms with Crippen LogP contribution in [0.4, 0.5) is 5.69 Å². The third-order valence-corrected chi connectivity index (χ3v) is 13.0. The quantitative estimate of drug-likeness (QED) is 0.214. The van der Waals surface area contributed by atoms with Gasteiger partial charge >= 0.3 is 4.87 Å². The Balaban J connectivity index is 1.20. The van der Waals surface area contributed by atoms with Crippen molar-refractivity contribution in [3.8, 4) is 5.75 Å². The fourth-order valence-corrected chi connectivity index (χ4v) is 11.4. The molecule has 6 nitrogen and oxygen atoms in total. The molecule has 2 amide bonds. The van der Waals surface area contributed by atoms with Crippen LogP contribution < -0.4 is 14.5 Å². The van der Waals surface area contributed by atoms with E-state index in [1.165, 1.54) is 16.2 Å². The Morgan fingerprint density at radius 3 is 2.30 bits per heavy atom. The highest BCUT2D eigenvalue weighted by Crippen LogP contribution is 2.69. The molecule has 8 rings (SSSR count). The molecule has 218 valence electrons. The van der Waals surface area contributed by atoms with Gasteiger partial charge in [-0.2, -0.15) is 0 Å². The van der Waals surface area contributed by atoms with E-state index in [2.05, 4.69) is 27.0 Å². The minimum atomic E-state index is -0.389. The average Bonchev–Trinajstić information content (AvgIpc) is 3.73. The summed E-state index contributed by atoms with van der Waals surface area (Å²) in [5.74, 6) is -0.346. The molecule has 0 spiro atoms. The molecule has 1 aromatic heterocycles. The summed E-state index contributed by atoms with van der Waals surface area (Å²) >= 11 is 18.8. The van der Waals surface area contributed by atoms with E-state index in [0.717, 1.165) is 37.7 Å². The van der Waals surface area contributed by atoms with Gasteiger partial charge in [-0.25, -0.2) is 0 Å². The molecular weight excluding hydrogens is 691 g/mol. The Labute approximate surface area is 273 Å². The Hall–Kier alpha value is -2.56. The normalized spacial score (nSPS) is 28.6. The maximum atomic E-state index is 14.0. The Morgan fingerprint density at radius 2 is 1.58 bits per heavy atom. The SMILES string of the molecule is O=C1C2C3CC(C2C(=O)N1c1ccc(Cl)cc1)C1C3Sc2[nH]c(=O)sc2[C@@H]1c1cc(Br)ccc1OCc1ccc(Cl)cc1. The van der Waals surface area contributed by atoms with Gasteiger partial charge in [0.05, 0.1) is 22.5 Å². The smallest absolute Gasteiger partial charge is 0.305 e. The van der Waals surface area contributed by atoms with Crippen LogP contribution in [0.15, 0.2) is 81.0 Å². The number of ether oxygens (including phenoxy) is 1. The largest absolute Gasteiger partial charge is 0.489 e. The first-order valence-corrected chi connectivity index (χ1v) is 17.2. The first-order chi connectivity index (χ1) is 20.8. The number of aromatic amines is 1. The van der Waals surface area contributed by atoms with E-state index in [0.29, 0.717) is 22.3 Å². The van der Waals surface area contributed by atoms with Gasteiger partial charge in [-0.1, -0.05) is 62.6 Å². The van der Waals surface area contributed by atoms with Gasteiger partial charge in [0, 0.05) is 36.1 Å². The maximum Gasteiger partial charge on any atom is 0.305 e. The van der Waals surface area contributed by atoms with Gasteiger partial charge in [0.25, 0.3) is 0 Å². The number of anilines is 1. The van der Waals surface area contributed by atoms with Crippen molar-refractivity contribution in [1.29, 1.82) is 0 Å². The number of amides is 2. The summed E-state index contributed by atoms with van der Waals surface area (Å²) in [6, 6.07) is 20.4. The van der Waals surface area contributed by atoms with Crippen molar-refractivity contribution in [2.45, 2.75) is 29.2 Å². The fraction of sp³-hybridized carbons (Fsp3) is 0.281. The Kier molecular flexibility index (Phi) is 6.84. The molecule has 11 heteroatoms. The Morgan fingerprint density at radius 1 is 0.907 bits per heavy atom. The van der Waals surface area contributed by atoms with Crippen LogP contribution >= 0.6 is 62.2 Å². The minimum absolute atomic E-state index is 0.000279.